The van der Waals surface area contributed by atoms with E-state index in [1.54, 1.807) is 4.90 Å². The molecule has 118 valence electrons. The SMILES string of the molecule is Cc1[nH]c2ccc(C(=O)N3C[C@@H](O)[C@H](N(C)C)C3)cc2c1C. The second-order valence-electron chi connectivity index (χ2n) is 6.44. The Bertz CT molecular complexity index is 720. The first-order valence-electron chi connectivity index (χ1n) is 7.61. The van der Waals surface area contributed by atoms with Gasteiger partial charge in [0.2, 0.25) is 0 Å². The molecule has 1 aromatic carbocycles. The van der Waals surface area contributed by atoms with E-state index in [2.05, 4.69) is 11.9 Å². The van der Waals surface area contributed by atoms with Crippen LogP contribution in [0.25, 0.3) is 10.9 Å². The minimum absolute atomic E-state index is 0.00363. The second-order valence-corrected chi connectivity index (χ2v) is 6.44. The standard InChI is InChI=1S/C17H23N3O2/c1-10-11(2)18-14-6-5-12(7-13(10)14)17(22)20-8-15(19(3)4)16(21)9-20/h5-7,15-16,18,21H,8-9H2,1-4H3/t15-,16-/m1/s1. The van der Waals surface area contributed by atoms with Crippen molar-refractivity contribution in [1.82, 2.24) is 14.8 Å². The molecule has 2 N–H and O–H groups in total. The first-order valence-corrected chi connectivity index (χ1v) is 7.61. The number of hydrogen-bond donors (Lipinski definition) is 2. The Kier molecular flexibility index (Phi) is 3.70. The van der Waals surface area contributed by atoms with Gasteiger partial charge >= 0.3 is 0 Å². The van der Waals surface area contributed by atoms with E-state index in [9.17, 15) is 9.90 Å². The zero-order valence-corrected chi connectivity index (χ0v) is 13.6. The Morgan fingerprint density at radius 3 is 2.68 bits per heavy atom. The maximum Gasteiger partial charge on any atom is 0.254 e. The fraction of sp³-hybridized carbons (Fsp3) is 0.471. The van der Waals surface area contributed by atoms with Crippen molar-refractivity contribution in [2.24, 2.45) is 0 Å². The molecule has 1 aliphatic heterocycles. The van der Waals surface area contributed by atoms with Gasteiger partial charge in [0.05, 0.1) is 12.1 Å². The number of rotatable bonds is 2. The molecule has 1 amide bonds. The molecular formula is C17H23N3O2. The van der Waals surface area contributed by atoms with Crippen LogP contribution in [0.4, 0.5) is 0 Å². The van der Waals surface area contributed by atoms with E-state index >= 15 is 0 Å². The van der Waals surface area contributed by atoms with E-state index in [1.165, 1.54) is 5.56 Å². The summed E-state index contributed by atoms with van der Waals surface area (Å²) >= 11 is 0. The molecule has 22 heavy (non-hydrogen) atoms. The number of β-amino-alcohol motifs (C(OH)–C–C–N with tert-alkyl or cyclic N) is 1. The van der Waals surface area contributed by atoms with E-state index in [-0.39, 0.29) is 11.9 Å². The third kappa shape index (κ3) is 2.40. The number of likely N-dealkylation sites (tertiary alicyclic amines) is 1. The van der Waals surface area contributed by atoms with Gasteiger partial charge in [0.15, 0.2) is 0 Å². The van der Waals surface area contributed by atoms with Gasteiger partial charge in [-0.3, -0.25) is 4.79 Å². The molecule has 5 heteroatoms. The van der Waals surface area contributed by atoms with Crippen molar-refractivity contribution >= 4 is 16.8 Å². The van der Waals surface area contributed by atoms with Gasteiger partial charge in [0.25, 0.3) is 5.91 Å². The topological polar surface area (TPSA) is 59.6 Å². The zero-order chi connectivity index (χ0) is 16.0. The van der Waals surface area contributed by atoms with Crippen LogP contribution in [0.1, 0.15) is 21.6 Å². The number of aryl methyl sites for hydroxylation is 2. The highest BCUT2D eigenvalue weighted by Gasteiger charge is 2.35. The summed E-state index contributed by atoms with van der Waals surface area (Å²) in [6.45, 7) is 5.06. The van der Waals surface area contributed by atoms with Gasteiger partial charge in [-0.05, 0) is 51.7 Å². The van der Waals surface area contributed by atoms with Crippen molar-refractivity contribution in [2.45, 2.75) is 26.0 Å². The van der Waals surface area contributed by atoms with Gasteiger partial charge in [-0.15, -0.1) is 0 Å². The molecule has 0 bridgehead atoms. The maximum absolute atomic E-state index is 12.7. The molecule has 0 unspecified atom stereocenters. The molecule has 0 aliphatic carbocycles. The summed E-state index contributed by atoms with van der Waals surface area (Å²) < 4.78 is 0. The highest BCUT2D eigenvalue weighted by Crippen LogP contribution is 2.24. The Morgan fingerprint density at radius 1 is 1.32 bits per heavy atom. The Morgan fingerprint density at radius 2 is 2.05 bits per heavy atom. The smallest absolute Gasteiger partial charge is 0.254 e. The van der Waals surface area contributed by atoms with Gasteiger partial charge in [0.1, 0.15) is 0 Å². The number of likely N-dealkylation sites (N-methyl/N-ethyl adjacent to an activating group) is 1. The summed E-state index contributed by atoms with van der Waals surface area (Å²) in [5.74, 6) is -0.0106. The number of carbonyl (C=O) groups is 1. The van der Waals surface area contributed by atoms with Crippen molar-refractivity contribution in [3.05, 3.63) is 35.0 Å². The molecular weight excluding hydrogens is 278 g/mol. The van der Waals surface area contributed by atoms with Crippen LogP contribution in [0.5, 0.6) is 0 Å². The lowest BCUT2D eigenvalue weighted by molar-refractivity contribution is 0.0764. The molecule has 0 radical (unpaired) electrons. The lowest BCUT2D eigenvalue weighted by Crippen LogP contribution is -2.38. The number of aliphatic hydroxyl groups is 1. The number of amides is 1. The molecule has 3 rings (SSSR count). The molecule has 0 saturated carbocycles. The molecule has 1 saturated heterocycles. The molecule has 1 fully saturated rings. The molecule has 2 aromatic rings. The van der Waals surface area contributed by atoms with E-state index < -0.39 is 6.10 Å². The van der Waals surface area contributed by atoms with Gasteiger partial charge in [-0.2, -0.15) is 0 Å². The van der Waals surface area contributed by atoms with E-state index in [1.807, 2.05) is 44.1 Å². The molecule has 5 nitrogen and oxygen atoms in total. The Labute approximate surface area is 130 Å². The van der Waals surface area contributed by atoms with Crippen LogP contribution in [-0.2, 0) is 0 Å². The number of nitrogens with one attached hydrogen (secondary N) is 1. The highest BCUT2D eigenvalue weighted by molar-refractivity contribution is 5.99. The van der Waals surface area contributed by atoms with Crippen molar-refractivity contribution in [1.29, 1.82) is 0 Å². The minimum Gasteiger partial charge on any atom is -0.390 e. The van der Waals surface area contributed by atoms with Crippen molar-refractivity contribution in [3.63, 3.8) is 0 Å². The summed E-state index contributed by atoms with van der Waals surface area (Å²) in [4.78, 5) is 19.7. The van der Waals surface area contributed by atoms with E-state index in [4.69, 9.17) is 0 Å². The summed E-state index contributed by atoms with van der Waals surface area (Å²) in [6, 6.07) is 5.77. The number of fused-ring (bicyclic) bond motifs is 1. The molecule has 2 heterocycles. The van der Waals surface area contributed by atoms with Crippen molar-refractivity contribution in [2.75, 3.05) is 27.2 Å². The van der Waals surface area contributed by atoms with Gasteiger partial charge in [-0.25, -0.2) is 0 Å². The third-order valence-electron chi connectivity index (χ3n) is 4.76. The quantitative estimate of drug-likeness (QED) is 0.884. The third-order valence-corrected chi connectivity index (χ3v) is 4.76. The molecule has 2 atom stereocenters. The number of nitrogens with zero attached hydrogens (tertiary/aromatic N) is 2. The average molecular weight is 301 g/mol. The second kappa shape index (κ2) is 5.41. The van der Waals surface area contributed by atoms with Gasteiger partial charge < -0.3 is 19.9 Å². The van der Waals surface area contributed by atoms with Crippen molar-refractivity contribution < 1.29 is 9.90 Å². The van der Waals surface area contributed by atoms with E-state index in [0.29, 0.717) is 18.7 Å². The average Bonchev–Trinajstić information content (AvgIpc) is 3.00. The molecule has 0 spiro atoms. The zero-order valence-electron chi connectivity index (χ0n) is 13.6. The van der Waals surface area contributed by atoms with Crippen LogP contribution in [0.2, 0.25) is 0 Å². The molecule has 1 aliphatic rings. The number of aromatic nitrogens is 1. The summed E-state index contributed by atoms with van der Waals surface area (Å²) in [5.41, 5.74) is 4.04. The lowest BCUT2D eigenvalue weighted by atomic mass is 10.1. The highest BCUT2D eigenvalue weighted by atomic mass is 16.3. The van der Waals surface area contributed by atoms with Crippen LogP contribution < -0.4 is 0 Å². The Balaban J connectivity index is 1.88. The van der Waals surface area contributed by atoms with Crippen LogP contribution >= 0.6 is 0 Å². The van der Waals surface area contributed by atoms with E-state index in [0.717, 1.165) is 16.6 Å². The monoisotopic (exact) mass is 301 g/mol. The molecule has 1 aromatic heterocycles. The number of aliphatic hydroxyl groups excluding tert-OH is 1. The first kappa shape index (κ1) is 15.1. The summed E-state index contributed by atoms with van der Waals surface area (Å²) in [7, 11) is 3.86. The van der Waals surface area contributed by atoms with Crippen LogP contribution in [0, 0.1) is 13.8 Å². The predicted octanol–water partition coefficient (Wildman–Crippen LogP) is 1.53. The fourth-order valence-corrected chi connectivity index (χ4v) is 3.22. The normalized spacial score (nSPS) is 22.0. The van der Waals surface area contributed by atoms with Crippen LogP contribution in [0.15, 0.2) is 18.2 Å². The summed E-state index contributed by atoms with van der Waals surface area (Å²) in [6.07, 6.45) is -0.487. The lowest BCUT2D eigenvalue weighted by Gasteiger charge is -2.21. The van der Waals surface area contributed by atoms with Crippen LogP contribution in [0.3, 0.4) is 0 Å². The Hall–Kier alpha value is -1.85. The predicted molar refractivity (Wildman–Crippen MR) is 87.2 cm³/mol. The summed E-state index contributed by atoms with van der Waals surface area (Å²) in [5, 5.41) is 11.2. The van der Waals surface area contributed by atoms with Crippen molar-refractivity contribution in [3.8, 4) is 0 Å². The van der Waals surface area contributed by atoms with Crippen LogP contribution in [-0.4, -0.2) is 65.1 Å². The maximum atomic E-state index is 12.7. The number of H-pyrrole nitrogens is 1. The first-order chi connectivity index (χ1) is 10.4. The largest absolute Gasteiger partial charge is 0.390 e. The number of aromatic amines is 1. The fourth-order valence-electron chi connectivity index (χ4n) is 3.22. The number of carbonyl (C=O) groups excluding carboxylic acids is 1. The number of hydrogen-bond acceptors (Lipinski definition) is 3. The number of benzene rings is 1. The van der Waals surface area contributed by atoms with Gasteiger partial charge in [-0.1, -0.05) is 0 Å². The van der Waals surface area contributed by atoms with Gasteiger partial charge in [0, 0.05) is 35.2 Å². The minimum atomic E-state index is -0.487.